The molecule has 10 heteroatoms. The number of hydrogen-bond acceptors (Lipinski definition) is 6. The van der Waals surface area contributed by atoms with Crippen LogP contribution < -0.4 is 5.32 Å². The molecule has 1 unspecified atom stereocenters. The lowest BCUT2D eigenvalue weighted by Gasteiger charge is -2.35. The van der Waals surface area contributed by atoms with Gasteiger partial charge in [0.05, 0.1) is 24.4 Å². The van der Waals surface area contributed by atoms with Crippen LogP contribution >= 0.6 is 0 Å². The molecule has 1 amide bonds. The number of aromatic nitrogens is 2. The molecular formula is C21H36N6O4. The highest BCUT2D eigenvalue weighted by Gasteiger charge is 2.25. The van der Waals surface area contributed by atoms with Crippen molar-refractivity contribution in [1.29, 1.82) is 0 Å². The zero-order chi connectivity index (χ0) is 22.6. The Morgan fingerprint density at radius 1 is 1.32 bits per heavy atom. The molecule has 1 saturated heterocycles. The molecular weight excluding hydrogens is 400 g/mol. The number of hydrogen-bond donors (Lipinski definition) is 1. The normalized spacial score (nSPS) is 16.8. The number of esters is 1. The van der Waals surface area contributed by atoms with E-state index in [1.165, 1.54) is 4.90 Å². The van der Waals surface area contributed by atoms with Crippen LogP contribution in [0.25, 0.3) is 0 Å². The number of likely N-dealkylation sites (tertiary alicyclic amines) is 1. The Balaban J connectivity index is 2.05. The van der Waals surface area contributed by atoms with Crippen LogP contribution in [0.5, 0.6) is 0 Å². The molecule has 1 aliphatic rings. The van der Waals surface area contributed by atoms with Gasteiger partial charge in [-0.3, -0.25) is 9.48 Å². The van der Waals surface area contributed by atoms with Gasteiger partial charge >= 0.3 is 5.97 Å². The SMILES string of the molecule is CCOCCCNC(=NCC(=O)N(C)C)N1CCCC(n2cc(C(=O)OCC)cn2)C1. The molecule has 0 saturated carbocycles. The zero-order valence-electron chi connectivity index (χ0n) is 19.2. The summed E-state index contributed by atoms with van der Waals surface area (Å²) in [7, 11) is 3.45. The van der Waals surface area contributed by atoms with E-state index in [0.717, 1.165) is 25.8 Å². The van der Waals surface area contributed by atoms with Gasteiger partial charge in [-0.15, -0.1) is 0 Å². The van der Waals surface area contributed by atoms with E-state index in [9.17, 15) is 9.59 Å². The number of carbonyl (C=O) groups excluding carboxylic acids is 2. The predicted octanol–water partition coefficient (Wildman–Crippen LogP) is 1.16. The fourth-order valence-corrected chi connectivity index (χ4v) is 3.29. The molecule has 1 fully saturated rings. The number of guanidine groups is 1. The van der Waals surface area contributed by atoms with E-state index in [0.29, 0.717) is 44.4 Å². The molecule has 1 N–H and O–H groups in total. The first-order valence-electron chi connectivity index (χ1n) is 11.0. The number of nitrogens with one attached hydrogen (secondary N) is 1. The molecule has 1 aliphatic heterocycles. The summed E-state index contributed by atoms with van der Waals surface area (Å²) in [5.74, 6) is 0.310. The summed E-state index contributed by atoms with van der Waals surface area (Å²) in [6.45, 7) is 7.81. The van der Waals surface area contributed by atoms with E-state index < -0.39 is 0 Å². The standard InChI is InChI=1S/C21H36N6O4/c1-5-30-12-8-10-22-21(23-14-19(28)25(3)4)26-11-7-9-18(16-26)27-15-17(13-24-27)20(29)31-6-2/h13,15,18H,5-12,14,16H2,1-4H3,(H,22,23). The van der Waals surface area contributed by atoms with Crippen molar-refractivity contribution in [3.63, 3.8) is 0 Å². The number of ether oxygens (including phenoxy) is 2. The van der Waals surface area contributed by atoms with Crippen molar-refractivity contribution in [3.8, 4) is 0 Å². The van der Waals surface area contributed by atoms with Crippen LogP contribution in [0, 0.1) is 0 Å². The number of amides is 1. The van der Waals surface area contributed by atoms with Crippen LogP contribution in [0.15, 0.2) is 17.4 Å². The maximum atomic E-state index is 12.0. The lowest BCUT2D eigenvalue weighted by molar-refractivity contribution is -0.127. The number of likely N-dealkylation sites (N-methyl/N-ethyl adjacent to an activating group) is 1. The van der Waals surface area contributed by atoms with Crippen LogP contribution in [0.2, 0.25) is 0 Å². The fraction of sp³-hybridized carbons (Fsp3) is 0.714. The predicted molar refractivity (Wildman–Crippen MR) is 118 cm³/mol. The Labute approximate surface area is 184 Å². The Morgan fingerprint density at radius 3 is 2.84 bits per heavy atom. The summed E-state index contributed by atoms with van der Waals surface area (Å²) >= 11 is 0. The van der Waals surface area contributed by atoms with E-state index in [2.05, 4.69) is 20.3 Å². The van der Waals surface area contributed by atoms with Crippen molar-refractivity contribution in [3.05, 3.63) is 18.0 Å². The van der Waals surface area contributed by atoms with Crippen LogP contribution in [-0.2, 0) is 14.3 Å². The van der Waals surface area contributed by atoms with Gasteiger partial charge < -0.3 is 24.6 Å². The fourth-order valence-electron chi connectivity index (χ4n) is 3.29. The zero-order valence-corrected chi connectivity index (χ0v) is 19.2. The maximum absolute atomic E-state index is 12.0. The van der Waals surface area contributed by atoms with Crippen molar-refractivity contribution in [2.24, 2.45) is 4.99 Å². The topological polar surface area (TPSA) is 101 Å². The van der Waals surface area contributed by atoms with Gasteiger partial charge in [0.15, 0.2) is 5.96 Å². The van der Waals surface area contributed by atoms with Crippen molar-refractivity contribution in [2.45, 2.75) is 39.2 Å². The number of carbonyl (C=O) groups is 2. The molecule has 0 radical (unpaired) electrons. The van der Waals surface area contributed by atoms with Gasteiger partial charge in [0.2, 0.25) is 5.91 Å². The summed E-state index contributed by atoms with van der Waals surface area (Å²) in [6, 6.07) is 0.108. The lowest BCUT2D eigenvalue weighted by Crippen LogP contribution is -2.48. The minimum absolute atomic E-state index is 0.0478. The Bertz CT molecular complexity index is 733. The molecule has 174 valence electrons. The van der Waals surface area contributed by atoms with E-state index in [-0.39, 0.29) is 24.5 Å². The van der Waals surface area contributed by atoms with Crippen molar-refractivity contribution in [2.75, 3.05) is 60.1 Å². The average molecular weight is 437 g/mol. The molecule has 0 spiro atoms. The van der Waals surface area contributed by atoms with E-state index in [1.807, 2.05) is 11.6 Å². The van der Waals surface area contributed by atoms with Gasteiger partial charge in [-0.25, -0.2) is 9.79 Å². The molecule has 2 rings (SSSR count). The molecule has 10 nitrogen and oxygen atoms in total. The lowest BCUT2D eigenvalue weighted by atomic mass is 10.1. The van der Waals surface area contributed by atoms with Crippen LogP contribution in [0.1, 0.15) is 49.5 Å². The average Bonchev–Trinajstić information content (AvgIpc) is 3.26. The molecule has 31 heavy (non-hydrogen) atoms. The molecule has 0 bridgehead atoms. The highest BCUT2D eigenvalue weighted by molar-refractivity contribution is 5.88. The summed E-state index contributed by atoms with van der Waals surface area (Å²) < 4.78 is 12.3. The molecule has 2 heterocycles. The number of piperidine rings is 1. The Morgan fingerprint density at radius 2 is 2.13 bits per heavy atom. The van der Waals surface area contributed by atoms with Crippen LogP contribution in [0.4, 0.5) is 0 Å². The van der Waals surface area contributed by atoms with E-state index >= 15 is 0 Å². The summed E-state index contributed by atoms with van der Waals surface area (Å²) in [4.78, 5) is 32.3. The van der Waals surface area contributed by atoms with Gasteiger partial charge in [0.1, 0.15) is 6.54 Å². The molecule has 0 aromatic carbocycles. The first-order valence-corrected chi connectivity index (χ1v) is 11.0. The van der Waals surface area contributed by atoms with Crippen LogP contribution in [-0.4, -0.2) is 97.5 Å². The second-order valence-electron chi connectivity index (χ2n) is 7.58. The number of rotatable bonds is 10. The quantitative estimate of drug-likeness (QED) is 0.254. The van der Waals surface area contributed by atoms with Crippen LogP contribution in [0.3, 0.4) is 0 Å². The molecule has 0 aliphatic carbocycles. The van der Waals surface area contributed by atoms with Crippen molar-refractivity contribution < 1.29 is 19.1 Å². The van der Waals surface area contributed by atoms with Crippen molar-refractivity contribution >= 4 is 17.8 Å². The second kappa shape index (κ2) is 12.9. The first kappa shape index (κ1) is 24.6. The highest BCUT2D eigenvalue weighted by atomic mass is 16.5. The summed E-state index contributed by atoms with van der Waals surface area (Å²) in [5.41, 5.74) is 0.457. The Hall–Kier alpha value is -2.62. The summed E-state index contributed by atoms with van der Waals surface area (Å²) in [5, 5.41) is 7.76. The number of aliphatic imine (C=N–C) groups is 1. The van der Waals surface area contributed by atoms with E-state index in [1.54, 1.807) is 33.4 Å². The summed E-state index contributed by atoms with van der Waals surface area (Å²) in [6.07, 6.45) is 6.06. The second-order valence-corrected chi connectivity index (χ2v) is 7.58. The van der Waals surface area contributed by atoms with Gasteiger partial charge in [-0.2, -0.15) is 5.10 Å². The monoisotopic (exact) mass is 436 g/mol. The van der Waals surface area contributed by atoms with Crippen molar-refractivity contribution in [1.82, 2.24) is 24.9 Å². The largest absolute Gasteiger partial charge is 0.462 e. The highest BCUT2D eigenvalue weighted by Crippen LogP contribution is 2.21. The minimum Gasteiger partial charge on any atom is -0.462 e. The third-order valence-electron chi connectivity index (χ3n) is 5.00. The third kappa shape index (κ3) is 7.86. The molecule has 1 aromatic heterocycles. The third-order valence-corrected chi connectivity index (χ3v) is 5.00. The molecule has 1 atom stereocenters. The van der Waals surface area contributed by atoms with Gasteiger partial charge in [-0.05, 0) is 33.1 Å². The first-order chi connectivity index (χ1) is 15.0. The van der Waals surface area contributed by atoms with Gasteiger partial charge in [-0.1, -0.05) is 0 Å². The smallest absolute Gasteiger partial charge is 0.341 e. The Kier molecular flexibility index (Phi) is 10.3. The number of nitrogens with zero attached hydrogens (tertiary/aromatic N) is 5. The minimum atomic E-state index is -0.359. The maximum Gasteiger partial charge on any atom is 0.341 e. The van der Waals surface area contributed by atoms with Gasteiger partial charge in [0.25, 0.3) is 0 Å². The van der Waals surface area contributed by atoms with E-state index in [4.69, 9.17) is 9.47 Å². The molecule has 1 aromatic rings. The van der Waals surface area contributed by atoms with Gasteiger partial charge in [0, 0.05) is 53.1 Å².